The van der Waals surface area contributed by atoms with Gasteiger partial charge in [0.2, 0.25) is 5.91 Å². The summed E-state index contributed by atoms with van der Waals surface area (Å²) in [5, 5.41) is 5.31. The van der Waals surface area contributed by atoms with E-state index in [4.69, 9.17) is 9.47 Å². The highest BCUT2D eigenvalue weighted by molar-refractivity contribution is 6.05. The number of carbonyl (C=O) groups is 3. The van der Waals surface area contributed by atoms with Crippen LogP contribution < -0.4 is 15.4 Å². The van der Waals surface area contributed by atoms with Gasteiger partial charge in [0.25, 0.3) is 11.8 Å². The van der Waals surface area contributed by atoms with E-state index < -0.39 is 23.8 Å². The van der Waals surface area contributed by atoms with E-state index in [-0.39, 0.29) is 53.8 Å². The largest absolute Gasteiger partial charge is 0.490 e. The summed E-state index contributed by atoms with van der Waals surface area (Å²) in [5.74, 6) is -0.878. The maximum absolute atomic E-state index is 13.3. The van der Waals surface area contributed by atoms with Gasteiger partial charge in [0, 0.05) is 24.8 Å². The summed E-state index contributed by atoms with van der Waals surface area (Å²) in [4.78, 5) is 39.5. The molecule has 8 nitrogen and oxygen atoms in total. The molecule has 198 valence electrons. The van der Waals surface area contributed by atoms with Crippen LogP contribution in [0, 0.1) is 0 Å². The summed E-state index contributed by atoms with van der Waals surface area (Å²) < 4.78 is 51.1. The maximum Gasteiger partial charge on any atom is 0.416 e. The highest BCUT2D eigenvalue weighted by Crippen LogP contribution is 2.33. The molecule has 4 rings (SSSR count). The molecule has 0 spiro atoms. The molecule has 2 aliphatic heterocycles. The number of carbonyl (C=O) groups excluding carboxylic acids is 3. The first-order valence-corrected chi connectivity index (χ1v) is 12.0. The molecule has 2 heterocycles. The van der Waals surface area contributed by atoms with E-state index in [0.29, 0.717) is 25.1 Å². The zero-order valence-corrected chi connectivity index (χ0v) is 20.4. The fraction of sp³-hybridized carbons (Fsp3) is 0.423. The lowest BCUT2D eigenvalue weighted by atomic mass is 9.94. The molecular formula is C26H28F3N3O5. The number of ether oxygens (including phenoxy) is 2. The number of nitrogens with one attached hydrogen (secondary N) is 2. The SMILES string of the molecule is CCNC(=O)C[C@@H]1CC[C@H]2[C@H](COc3ccc(NC(=O)c4cccc(C(F)(F)F)c4)cc3C(=O)N2C)O1. The molecule has 3 amide bonds. The molecule has 0 aliphatic carbocycles. The number of nitrogens with zero attached hydrogens (tertiary/aromatic N) is 1. The molecule has 11 heteroatoms. The van der Waals surface area contributed by atoms with Crippen molar-refractivity contribution >= 4 is 23.4 Å². The van der Waals surface area contributed by atoms with Gasteiger partial charge in [-0.25, -0.2) is 0 Å². The van der Waals surface area contributed by atoms with E-state index in [9.17, 15) is 27.6 Å². The Morgan fingerprint density at radius 3 is 2.65 bits per heavy atom. The Bertz CT molecular complexity index is 1190. The Kier molecular flexibility index (Phi) is 7.72. The Labute approximate surface area is 212 Å². The fourth-order valence-electron chi connectivity index (χ4n) is 4.62. The number of amides is 3. The van der Waals surface area contributed by atoms with Gasteiger partial charge < -0.3 is 25.0 Å². The van der Waals surface area contributed by atoms with Gasteiger partial charge in [-0.3, -0.25) is 14.4 Å². The Morgan fingerprint density at radius 1 is 1.14 bits per heavy atom. The first kappa shape index (κ1) is 26.5. The van der Waals surface area contributed by atoms with Crippen LogP contribution in [-0.2, 0) is 15.7 Å². The summed E-state index contributed by atoms with van der Waals surface area (Å²) in [6.07, 6.45) is -3.80. The van der Waals surface area contributed by atoms with Crippen molar-refractivity contribution in [3.05, 3.63) is 59.2 Å². The summed E-state index contributed by atoms with van der Waals surface area (Å²) in [5.41, 5.74) is -0.635. The molecular weight excluding hydrogens is 491 g/mol. The molecule has 2 aromatic carbocycles. The lowest BCUT2D eigenvalue weighted by molar-refractivity contribution is -0.137. The van der Waals surface area contributed by atoms with Crippen molar-refractivity contribution in [2.24, 2.45) is 0 Å². The van der Waals surface area contributed by atoms with Gasteiger partial charge in [0.15, 0.2) is 0 Å². The number of halogens is 3. The Morgan fingerprint density at radius 2 is 1.92 bits per heavy atom. The number of hydrogen-bond acceptors (Lipinski definition) is 5. The second-order valence-electron chi connectivity index (χ2n) is 9.07. The first-order chi connectivity index (χ1) is 17.6. The monoisotopic (exact) mass is 519 g/mol. The number of likely N-dealkylation sites (N-methyl/N-ethyl adjacent to an activating group) is 1. The van der Waals surface area contributed by atoms with Crippen molar-refractivity contribution in [2.45, 2.75) is 50.6 Å². The van der Waals surface area contributed by atoms with Crippen LogP contribution in [-0.4, -0.2) is 61.1 Å². The van der Waals surface area contributed by atoms with Crippen LogP contribution in [0.2, 0.25) is 0 Å². The van der Waals surface area contributed by atoms with Gasteiger partial charge >= 0.3 is 6.18 Å². The van der Waals surface area contributed by atoms with Crippen LogP contribution in [0.5, 0.6) is 5.75 Å². The quantitative estimate of drug-likeness (QED) is 0.626. The van der Waals surface area contributed by atoms with Crippen LogP contribution >= 0.6 is 0 Å². The van der Waals surface area contributed by atoms with Crippen LogP contribution in [0.15, 0.2) is 42.5 Å². The molecule has 1 fully saturated rings. The number of anilines is 1. The van der Waals surface area contributed by atoms with E-state index in [0.717, 1.165) is 18.2 Å². The van der Waals surface area contributed by atoms with E-state index >= 15 is 0 Å². The van der Waals surface area contributed by atoms with Crippen LogP contribution in [0.25, 0.3) is 0 Å². The second kappa shape index (κ2) is 10.8. The van der Waals surface area contributed by atoms with Crippen molar-refractivity contribution < 1.29 is 37.0 Å². The highest BCUT2D eigenvalue weighted by Gasteiger charge is 2.39. The third kappa shape index (κ3) is 6.04. The average Bonchev–Trinajstić information content (AvgIpc) is 2.86. The Balaban J connectivity index is 1.49. The minimum atomic E-state index is -4.57. The fourth-order valence-corrected chi connectivity index (χ4v) is 4.62. The predicted octanol–water partition coefficient (Wildman–Crippen LogP) is 3.86. The van der Waals surface area contributed by atoms with Crippen LogP contribution in [0.3, 0.4) is 0 Å². The van der Waals surface area contributed by atoms with Gasteiger partial charge in [-0.15, -0.1) is 0 Å². The summed E-state index contributed by atoms with van der Waals surface area (Å²) >= 11 is 0. The van der Waals surface area contributed by atoms with Gasteiger partial charge in [-0.05, 0) is 56.2 Å². The minimum absolute atomic E-state index is 0.0906. The smallest absolute Gasteiger partial charge is 0.416 e. The van der Waals surface area contributed by atoms with E-state index in [2.05, 4.69) is 10.6 Å². The summed E-state index contributed by atoms with van der Waals surface area (Å²) in [6.45, 7) is 2.55. The van der Waals surface area contributed by atoms with Crippen molar-refractivity contribution in [1.82, 2.24) is 10.2 Å². The summed E-state index contributed by atoms with van der Waals surface area (Å²) in [6, 6.07) is 8.31. The lowest BCUT2D eigenvalue weighted by Crippen LogP contribution is -2.54. The number of fused-ring (bicyclic) bond motifs is 2. The first-order valence-electron chi connectivity index (χ1n) is 12.0. The molecule has 0 radical (unpaired) electrons. The molecule has 0 saturated carbocycles. The number of alkyl halides is 3. The zero-order chi connectivity index (χ0) is 26.7. The summed E-state index contributed by atoms with van der Waals surface area (Å²) in [7, 11) is 1.66. The molecule has 2 aromatic rings. The highest BCUT2D eigenvalue weighted by atomic mass is 19.4. The molecule has 2 aliphatic rings. The molecule has 2 N–H and O–H groups in total. The van der Waals surface area contributed by atoms with Gasteiger partial charge in [0.1, 0.15) is 18.5 Å². The molecule has 3 atom stereocenters. The maximum atomic E-state index is 13.3. The third-order valence-corrected chi connectivity index (χ3v) is 6.51. The van der Waals surface area contributed by atoms with Crippen molar-refractivity contribution in [3.8, 4) is 5.75 Å². The predicted molar refractivity (Wildman–Crippen MR) is 128 cm³/mol. The molecule has 0 aromatic heterocycles. The normalized spacial score (nSPS) is 21.6. The van der Waals surface area contributed by atoms with Crippen molar-refractivity contribution in [2.75, 3.05) is 25.5 Å². The number of rotatable bonds is 5. The van der Waals surface area contributed by atoms with Crippen LogP contribution in [0.1, 0.15) is 52.5 Å². The number of hydrogen-bond donors (Lipinski definition) is 2. The van der Waals surface area contributed by atoms with Gasteiger partial charge in [-0.1, -0.05) is 6.07 Å². The van der Waals surface area contributed by atoms with E-state index in [1.165, 1.54) is 24.3 Å². The van der Waals surface area contributed by atoms with Crippen molar-refractivity contribution in [3.63, 3.8) is 0 Å². The minimum Gasteiger partial charge on any atom is -0.490 e. The van der Waals surface area contributed by atoms with Gasteiger partial charge in [-0.2, -0.15) is 13.2 Å². The lowest BCUT2D eigenvalue weighted by Gasteiger charge is -2.42. The average molecular weight is 520 g/mol. The molecule has 0 unspecified atom stereocenters. The zero-order valence-electron chi connectivity index (χ0n) is 20.4. The van der Waals surface area contributed by atoms with Crippen molar-refractivity contribution in [1.29, 1.82) is 0 Å². The van der Waals surface area contributed by atoms with Crippen LogP contribution in [0.4, 0.5) is 18.9 Å². The molecule has 1 saturated heterocycles. The van der Waals surface area contributed by atoms with E-state index in [1.807, 2.05) is 6.92 Å². The third-order valence-electron chi connectivity index (χ3n) is 6.51. The molecule has 0 bridgehead atoms. The van der Waals surface area contributed by atoms with Gasteiger partial charge in [0.05, 0.1) is 29.7 Å². The number of benzene rings is 2. The standard InChI is InChI=1S/C26H28F3N3O5/c1-3-30-23(33)13-18-8-9-20-22(37-18)14-36-21-10-7-17(12-19(21)25(35)32(20)2)31-24(34)15-5-4-6-16(11-15)26(27,28)29/h4-7,10-12,18,20,22H,3,8-9,13-14H2,1-2H3,(H,30,33)(H,31,34)/t18-,20-,22-/m0/s1. The topological polar surface area (TPSA) is 97.0 Å². The molecule has 37 heavy (non-hydrogen) atoms. The van der Waals surface area contributed by atoms with E-state index in [1.54, 1.807) is 11.9 Å². The Hall–Kier alpha value is -3.60. The second-order valence-corrected chi connectivity index (χ2v) is 9.07.